The van der Waals surface area contributed by atoms with Crippen LogP contribution in [-0.2, 0) is 9.59 Å². The van der Waals surface area contributed by atoms with Gasteiger partial charge in [0.1, 0.15) is 5.75 Å². The maximum Gasteiger partial charge on any atom is 0.329 e. The van der Waals surface area contributed by atoms with Gasteiger partial charge in [0.2, 0.25) is 0 Å². The van der Waals surface area contributed by atoms with E-state index in [4.69, 9.17) is 11.6 Å². The first kappa shape index (κ1) is 17.0. The van der Waals surface area contributed by atoms with Gasteiger partial charge in [-0.25, -0.2) is 5.43 Å². The third-order valence-corrected chi connectivity index (χ3v) is 3.43. The number of nitrogens with one attached hydrogen (secondary N) is 2. The minimum atomic E-state index is -0.939. The van der Waals surface area contributed by atoms with Crippen LogP contribution in [0.15, 0.2) is 52.0 Å². The molecule has 0 heterocycles. The van der Waals surface area contributed by atoms with E-state index in [2.05, 4.69) is 31.8 Å². The van der Waals surface area contributed by atoms with Crippen LogP contribution in [0, 0.1) is 0 Å². The lowest BCUT2D eigenvalue weighted by Crippen LogP contribution is -2.32. The monoisotopic (exact) mass is 395 g/mol. The predicted molar refractivity (Wildman–Crippen MR) is 91.6 cm³/mol. The second-order valence-electron chi connectivity index (χ2n) is 4.36. The van der Waals surface area contributed by atoms with Gasteiger partial charge in [-0.3, -0.25) is 9.59 Å². The third kappa shape index (κ3) is 5.08. The molecule has 0 aromatic heterocycles. The van der Waals surface area contributed by atoms with Gasteiger partial charge in [-0.15, -0.1) is 0 Å². The summed E-state index contributed by atoms with van der Waals surface area (Å²) in [4.78, 5) is 23.3. The summed E-state index contributed by atoms with van der Waals surface area (Å²) in [5, 5.41) is 16.0. The average molecular weight is 397 g/mol. The minimum Gasteiger partial charge on any atom is -0.507 e. The molecule has 2 aromatic rings. The second-order valence-corrected chi connectivity index (χ2v) is 5.72. The van der Waals surface area contributed by atoms with E-state index in [9.17, 15) is 14.7 Å². The fraction of sp³-hybridized carbons (Fsp3) is 0. The summed E-state index contributed by atoms with van der Waals surface area (Å²) in [5.74, 6) is -1.85. The molecule has 2 rings (SSSR count). The number of rotatable bonds is 3. The highest BCUT2D eigenvalue weighted by Crippen LogP contribution is 2.19. The Bertz CT molecular complexity index is 763. The molecule has 0 saturated heterocycles. The zero-order valence-corrected chi connectivity index (χ0v) is 13.9. The van der Waals surface area contributed by atoms with E-state index in [1.54, 1.807) is 24.3 Å². The number of anilines is 1. The van der Waals surface area contributed by atoms with Crippen LogP contribution in [0.3, 0.4) is 0 Å². The largest absolute Gasteiger partial charge is 0.507 e. The molecule has 2 amide bonds. The number of halogens is 2. The molecule has 0 atom stereocenters. The Morgan fingerprint density at radius 1 is 1.13 bits per heavy atom. The number of nitrogens with zero attached hydrogens (tertiary/aromatic N) is 1. The van der Waals surface area contributed by atoms with Crippen LogP contribution >= 0.6 is 27.5 Å². The van der Waals surface area contributed by atoms with Crippen LogP contribution in [0.2, 0.25) is 5.02 Å². The third-order valence-electron chi connectivity index (χ3n) is 2.67. The number of hydrazone groups is 1. The molecule has 0 fully saturated rings. The summed E-state index contributed by atoms with van der Waals surface area (Å²) < 4.78 is 0.853. The molecule has 0 spiro atoms. The van der Waals surface area contributed by atoms with Gasteiger partial charge in [-0.2, -0.15) is 5.10 Å². The SMILES string of the molecule is O=C(NN=Cc1cc(Cl)ccc1O)C(=O)Nc1ccc(Br)cc1. The number of benzene rings is 2. The van der Waals surface area contributed by atoms with E-state index in [0.717, 1.165) is 4.47 Å². The number of carbonyl (C=O) groups is 2. The maximum atomic E-state index is 11.7. The molecule has 8 heteroatoms. The van der Waals surface area contributed by atoms with Gasteiger partial charge in [-0.1, -0.05) is 27.5 Å². The first-order valence-electron chi connectivity index (χ1n) is 6.34. The molecule has 0 bridgehead atoms. The van der Waals surface area contributed by atoms with Gasteiger partial charge in [0, 0.05) is 20.7 Å². The molecule has 0 aliphatic carbocycles. The average Bonchev–Trinajstić information content (AvgIpc) is 2.52. The molecule has 2 aromatic carbocycles. The predicted octanol–water partition coefficient (Wildman–Crippen LogP) is 2.90. The maximum absolute atomic E-state index is 11.7. The lowest BCUT2D eigenvalue weighted by molar-refractivity contribution is -0.136. The van der Waals surface area contributed by atoms with Crippen molar-refractivity contribution in [2.24, 2.45) is 5.10 Å². The van der Waals surface area contributed by atoms with E-state index >= 15 is 0 Å². The van der Waals surface area contributed by atoms with Gasteiger partial charge in [0.05, 0.1) is 6.21 Å². The molecule has 3 N–H and O–H groups in total. The zero-order valence-electron chi connectivity index (χ0n) is 11.6. The molecule has 23 heavy (non-hydrogen) atoms. The van der Waals surface area contributed by atoms with Crippen molar-refractivity contribution in [2.45, 2.75) is 0 Å². The molecule has 0 aliphatic rings. The molecule has 0 radical (unpaired) electrons. The molecular weight excluding hydrogens is 386 g/mol. The first-order valence-corrected chi connectivity index (χ1v) is 7.51. The zero-order chi connectivity index (χ0) is 16.8. The van der Waals surface area contributed by atoms with Crippen molar-refractivity contribution in [3.63, 3.8) is 0 Å². The smallest absolute Gasteiger partial charge is 0.329 e. The van der Waals surface area contributed by atoms with Crippen molar-refractivity contribution in [1.29, 1.82) is 0 Å². The highest BCUT2D eigenvalue weighted by Gasteiger charge is 2.12. The summed E-state index contributed by atoms with van der Waals surface area (Å²) >= 11 is 9.05. The summed E-state index contributed by atoms with van der Waals surface area (Å²) in [5.41, 5.74) is 2.85. The number of phenolic OH excluding ortho intramolecular Hbond substituents is 1. The normalized spacial score (nSPS) is 10.5. The Hall–Kier alpha value is -2.38. The van der Waals surface area contributed by atoms with Crippen molar-refractivity contribution >= 4 is 51.2 Å². The van der Waals surface area contributed by atoms with E-state index in [1.807, 2.05) is 0 Å². The Kier molecular flexibility index (Phi) is 5.72. The Morgan fingerprint density at radius 3 is 2.52 bits per heavy atom. The van der Waals surface area contributed by atoms with Gasteiger partial charge < -0.3 is 10.4 Å². The molecule has 0 unspecified atom stereocenters. The number of hydrogen-bond acceptors (Lipinski definition) is 4. The topological polar surface area (TPSA) is 90.8 Å². The fourth-order valence-electron chi connectivity index (χ4n) is 1.56. The van der Waals surface area contributed by atoms with Crippen molar-refractivity contribution in [1.82, 2.24) is 5.43 Å². The van der Waals surface area contributed by atoms with Gasteiger partial charge in [0.25, 0.3) is 0 Å². The molecule has 6 nitrogen and oxygen atoms in total. The standard InChI is InChI=1S/C15H11BrClN3O3/c16-10-1-4-12(5-2-10)19-14(22)15(23)20-18-8-9-7-11(17)3-6-13(9)21/h1-8,21H,(H,19,22)(H,20,23). The van der Waals surface area contributed by atoms with E-state index in [1.165, 1.54) is 24.4 Å². The Balaban J connectivity index is 1.93. The van der Waals surface area contributed by atoms with Crippen molar-refractivity contribution in [3.05, 3.63) is 57.5 Å². The Morgan fingerprint density at radius 2 is 1.83 bits per heavy atom. The van der Waals surface area contributed by atoms with Crippen LogP contribution in [0.5, 0.6) is 5.75 Å². The van der Waals surface area contributed by atoms with Gasteiger partial charge in [0.15, 0.2) is 0 Å². The van der Waals surface area contributed by atoms with Gasteiger partial charge >= 0.3 is 11.8 Å². The number of amides is 2. The highest BCUT2D eigenvalue weighted by molar-refractivity contribution is 9.10. The summed E-state index contributed by atoms with van der Waals surface area (Å²) in [6, 6.07) is 11.1. The summed E-state index contributed by atoms with van der Waals surface area (Å²) in [6.45, 7) is 0. The van der Waals surface area contributed by atoms with Crippen molar-refractivity contribution in [3.8, 4) is 5.75 Å². The van der Waals surface area contributed by atoms with E-state index in [-0.39, 0.29) is 5.75 Å². The quantitative estimate of drug-likeness (QED) is 0.423. The van der Waals surface area contributed by atoms with E-state index < -0.39 is 11.8 Å². The fourth-order valence-corrected chi connectivity index (χ4v) is 2.01. The lowest BCUT2D eigenvalue weighted by Gasteiger charge is -2.04. The Labute approximate surface area is 145 Å². The lowest BCUT2D eigenvalue weighted by atomic mass is 10.2. The minimum absolute atomic E-state index is 0.0493. The second kappa shape index (κ2) is 7.75. The van der Waals surface area contributed by atoms with Crippen LogP contribution in [0.1, 0.15) is 5.56 Å². The first-order chi connectivity index (χ1) is 11.0. The van der Waals surface area contributed by atoms with Gasteiger partial charge in [-0.05, 0) is 42.5 Å². The number of phenols is 1. The number of aromatic hydroxyl groups is 1. The van der Waals surface area contributed by atoms with Crippen molar-refractivity contribution in [2.75, 3.05) is 5.32 Å². The number of hydrogen-bond donors (Lipinski definition) is 3. The molecule has 118 valence electrons. The molecule has 0 saturated carbocycles. The molecule has 0 aliphatic heterocycles. The van der Waals surface area contributed by atoms with Crippen LogP contribution in [0.25, 0.3) is 0 Å². The van der Waals surface area contributed by atoms with Crippen LogP contribution in [0.4, 0.5) is 5.69 Å². The van der Waals surface area contributed by atoms with E-state index in [0.29, 0.717) is 16.3 Å². The van der Waals surface area contributed by atoms with Crippen LogP contribution < -0.4 is 10.7 Å². The van der Waals surface area contributed by atoms with Crippen molar-refractivity contribution < 1.29 is 14.7 Å². The number of carbonyl (C=O) groups excluding carboxylic acids is 2. The van der Waals surface area contributed by atoms with Crippen LogP contribution in [-0.4, -0.2) is 23.1 Å². The molecular formula is C15H11BrClN3O3. The summed E-state index contributed by atoms with van der Waals surface area (Å²) in [6.07, 6.45) is 1.19. The highest BCUT2D eigenvalue weighted by atomic mass is 79.9. The summed E-state index contributed by atoms with van der Waals surface area (Å²) in [7, 11) is 0.